The van der Waals surface area contributed by atoms with Gasteiger partial charge in [-0.2, -0.15) is 0 Å². The van der Waals surface area contributed by atoms with Crippen molar-refractivity contribution < 1.29 is 0 Å². The second-order valence-electron chi connectivity index (χ2n) is 3.44. The zero-order valence-electron chi connectivity index (χ0n) is 8.61. The van der Waals surface area contributed by atoms with E-state index in [4.69, 9.17) is 0 Å². The van der Waals surface area contributed by atoms with Crippen LogP contribution in [0.1, 0.15) is 5.56 Å². The molecule has 0 aliphatic rings. The molecule has 0 spiro atoms. The lowest BCUT2D eigenvalue weighted by Gasteiger charge is -2.07. The topological polar surface area (TPSA) is 12.4 Å². The molecule has 74 valence electrons. The summed E-state index contributed by atoms with van der Waals surface area (Å²) in [7, 11) is 0. The highest BCUT2D eigenvalue weighted by atomic mass is 14.7. The Morgan fingerprint density at radius 3 is 2.67 bits per heavy atom. The first-order valence-corrected chi connectivity index (χ1v) is 4.95. The van der Waals surface area contributed by atoms with E-state index in [-0.39, 0.29) is 0 Å². The molecule has 0 aliphatic heterocycles. The average Bonchev–Trinajstić information content (AvgIpc) is 2.30. The summed E-state index contributed by atoms with van der Waals surface area (Å²) < 4.78 is 0. The minimum absolute atomic E-state index is 0.829. The molecule has 0 aliphatic carbocycles. The summed E-state index contributed by atoms with van der Waals surface area (Å²) in [6.07, 6.45) is 2.73. The van der Waals surface area contributed by atoms with Crippen molar-refractivity contribution in [2.75, 3.05) is 0 Å². The van der Waals surface area contributed by atoms with E-state index in [1.165, 1.54) is 16.3 Å². The molecule has 0 unspecified atom stereocenters. The normalized spacial score (nSPS) is 10.1. The van der Waals surface area contributed by atoms with Gasteiger partial charge in [0.05, 0.1) is 5.69 Å². The average molecular weight is 195 g/mol. The summed E-state index contributed by atoms with van der Waals surface area (Å²) in [6, 6.07) is 12.4. The molecule has 1 heteroatoms. The Morgan fingerprint density at radius 2 is 1.93 bits per heavy atom. The van der Waals surface area contributed by atoms with Gasteiger partial charge < -0.3 is 0 Å². The first kappa shape index (κ1) is 9.66. The Bertz CT molecular complexity index is 512. The highest BCUT2D eigenvalue weighted by Crippen LogP contribution is 2.28. The maximum Gasteiger partial charge on any atom is 0.0663 e. The molecule has 0 radical (unpaired) electrons. The van der Waals surface area contributed by atoms with Gasteiger partial charge in [0.2, 0.25) is 0 Å². The van der Waals surface area contributed by atoms with Gasteiger partial charge in [-0.1, -0.05) is 36.4 Å². The molecule has 0 heterocycles. The predicted molar refractivity (Wildman–Crippen MR) is 67.1 cm³/mol. The van der Waals surface area contributed by atoms with E-state index < -0.39 is 0 Å². The largest absolute Gasteiger partial charge is 0.264 e. The Kier molecular flexibility index (Phi) is 2.64. The third kappa shape index (κ3) is 1.68. The second-order valence-corrected chi connectivity index (χ2v) is 3.44. The van der Waals surface area contributed by atoms with Crippen molar-refractivity contribution in [3.63, 3.8) is 0 Å². The second kappa shape index (κ2) is 4.09. The minimum Gasteiger partial charge on any atom is -0.264 e. The van der Waals surface area contributed by atoms with Gasteiger partial charge in [-0.15, -0.1) is 6.58 Å². The van der Waals surface area contributed by atoms with Gasteiger partial charge in [0, 0.05) is 0 Å². The van der Waals surface area contributed by atoms with Crippen LogP contribution in [0.25, 0.3) is 10.8 Å². The molecule has 0 bridgehead atoms. The summed E-state index contributed by atoms with van der Waals surface area (Å²) in [4.78, 5) is 4.04. The smallest absolute Gasteiger partial charge is 0.0663 e. The highest BCUT2D eigenvalue weighted by Gasteiger charge is 2.03. The fourth-order valence-corrected chi connectivity index (χ4v) is 1.83. The lowest BCUT2D eigenvalue weighted by Crippen LogP contribution is -1.85. The zero-order valence-corrected chi connectivity index (χ0v) is 8.61. The molecular formula is C14H13N. The van der Waals surface area contributed by atoms with Crippen molar-refractivity contribution in [2.24, 2.45) is 4.99 Å². The Hall–Kier alpha value is -1.89. The summed E-state index contributed by atoms with van der Waals surface area (Å²) in [5.74, 6) is 0. The van der Waals surface area contributed by atoms with E-state index >= 15 is 0 Å². The summed E-state index contributed by atoms with van der Waals surface area (Å²) >= 11 is 0. The maximum absolute atomic E-state index is 4.04. The van der Waals surface area contributed by atoms with E-state index in [0.717, 1.165) is 12.1 Å². The molecule has 1 nitrogen and oxygen atoms in total. The molecule has 15 heavy (non-hydrogen) atoms. The molecule has 0 amide bonds. The van der Waals surface area contributed by atoms with Crippen LogP contribution in [0.3, 0.4) is 0 Å². The first-order valence-electron chi connectivity index (χ1n) is 4.95. The van der Waals surface area contributed by atoms with Crippen molar-refractivity contribution >= 4 is 23.2 Å². The Balaban J connectivity index is 2.77. The quantitative estimate of drug-likeness (QED) is 0.520. The number of benzene rings is 2. The molecule has 0 saturated heterocycles. The molecule has 0 N–H and O–H groups in total. The number of aliphatic imine (C=N–C) groups is 1. The van der Waals surface area contributed by atoms with Crippen molar-refractivity contribution in [3.05, 3.63) is 54.6 Å². The monoisotopic (exact) mass is 195 g/mol. The molecular weight excluding hydrogens is 182 g/mol. The molecule has 0 aromatic heterocycles. The van der Waals surface area contributed by atoms with Crippen LogP contribution in [0.4, 0.5) is 5.69 Å². The minimum atomic E-state index is 0.829. The number of nitrogens with zero attached hydrogens (tertiary/aromatic N) is 1. The molecule has 2 aromatic carbocycles. The Morgan fingerprint density at radius 1 is 1.13 bits per heavy atom. The lowest BCUT2D eigenvalue weighted by molar-refractivity contribution is 1.29. The van der Waals surface area contributed by atoms with Crippen LogP contribution in [0.2, 0.25) is 0 Å². The third-order valence-corrected chi connectivity index (χ3v) is 2.53. The van der Waals surface area contributed by atoms with Crippen LogP contribution >= 0.6 is 0 Å². The summed E-state index contributed by atoms with van der Waals surface area (Å²) in [5, 5.41) is 2.48. The van der Waals surface area contributed by atoms with Crippen LogP contribution in [-0.4, -0.2) is 6.72 Å². The lowest BCUT2D eigenvalue weighted by atomic mass is 10.0. The van der Waals surface area contributed by atoms with E-state index in [2.05, 4.69) is 36.5 Å². The Labute approximate surface area is 89.8 Å². The van der Waals surface area contributed by atoms with Crippen molar-refractivity contribution in [3.8, 4) is 0 Å². The van der Waals surface area contributed by atoms with E-state index in [9.17, 15) is 0 Å². The number of hydrogen-bond donors (Lipinski definition) is 0. The first-order chi connectivity index (χ1) is 7.36. The molecule has 2 rings (SSSR count). The number of allylic oxidation sites excluding steroid dienone is 1. The number of hydrogen-bond acceptors (Lipinski definition) is 1. The maximum atomic E-state index is 4.04. The van der Waals surface area contributed by atoms with Crippen LogP contribution in [0, 0.1) is 0 Å². The van der Waals surface area contributed by atoms with Gasteiger partial charge >= 0.3 is 0 Å². The van der Waals surface area contributed by atoms with Gasteiger partial charge in [-0.3, -0.25) is 4.99 Å². The highest BCUT2D eigenvalue weighted by molar-refractivity contribution is 5.89. The standard InChI is InChI=1S/C14H13N/c1-3-6-13-12-8-5-4-7-11(12)9-10-14(13)15-2/h3-5,7-10H,1-2,6H2. The predicted octanol–water partition coefficient (Wildman–Crippen LogP) is 3.90. The fourth-order valence-electron chi connectivity index (χ4n) is 1.83. The van der Waals surface area contributed by atoms with Crippen molar-refractivity contribution in [1.29, 1.82) is 0 Å². The molecule has 0 fully saturated rings. The SMILES string of the molecule is C=CCc1c(N=C)ccc2ccccc12. The number of fused-ring (bicyclic) bond motifs is 1. The third-order valence-electron chi connectivity index (χ3n) is 2.53. The van der Waals surface area contributed by atoms with Gasteiger partial charge in [0.15, 0.2) is 0 Å². The molecule has 2 aromatic rings. The van der Waals surface area contributed by atoms with Gasteiger partial charge in [-0.05, 0) is 35.5 Å². The van der Waals surface area contributed by atoms with Crippen LogP contribution in [0.5, 0.6) is 0 Å². The molecule has 0 atom stereocenters. The van der Waals surface area contributed by atoms with Gasteiger partial charge in [0.1, 0.15) is 0 Å². The van der Waals surface area contributed by atoms with E-state index in [1.54, 1.807) is 0 Å². The van der Waals surface area contributed by atoms with E-state index in [1.807, 2.05) is 24.3 Å². The fraction of sp³-hybridized carbons (Fsp3) is 0.0714. The van der Waals surface area contributed by atoms with Crippen molar-refractivity contribution in [1.82, 2.24) is 0 Å². The van der Waals surface area contributed by atoms with Crippen LogP contribution < -0.4 is 0 Å². The van der Waals surface area contributed by atoms with Gasteiger partial charge in [-0.25, -0.2) is 0 Å². The van der Waals surface area contributed by atoms with Gasteiger partial charge in [0.25, 0.3) is 0 Å². The zero-order chi connectivity index (χ0) is 10.7. The van der Waals surface area contributed by atoms with Crippen LogP contribution in [0.15, 0.2) is 54.0 Å². The summed E-state index contributed by atoms with van der Waals surface area (Å²) in [6.45, 7) is 7.37. The molecule has 0 saturated carbocycles. The van der Waals surface area contributed by atoms with Crippen molar-refractivity contribution in [2.45, 2.75) is 6.42 Å². The van der Waals surface area contributed by atoms with Crippen LogP contribution in [-0.2, 0) is 6.42 Å². The van der Waals surface area contributed by atoms with E-state index in [0.29, 0.717) is 0 Å². The number of rotatable bonds is 3. The summed E-state index contributed by atoms with van der Waals surface area (Å²) in [5.41, 5.74) is 2.16.